The molecule has 0 radical (unpaired) electrons. The van der Waals surface area contributed by atoms with E-state index < -0.39 is 0 Å². The zero-order valence-corrected chi connectivity index (χ0v) is 24.7. The smallest absolute Gasteiger partial charge is 0.306 e. The number of carbonyl (C=O) groups excluding carboxylic acids is 1. The third-order valence-corrected chi connectivity index (χ3v) is 11.8. The van der Waals surface area contributed by atoms with Crippen LogP contribution in [0.25, 0.3) is 0 Å². The molecule has 0 heterocycles. The van der Waals surface area contributed by atoms with Crippen molar-refractivity contribution in [2.45, 2.75) is 150 Å². The van der Waals surface area contributed by atoms with Crippen LogP contribution >= 0.6 is 0 Å². The maximum Gasteiger partial charge on any atom is 0.306 e. The number of allylic oxidation sites excluding steroid dienone is 1. The van der Waals surface area contributed by atoms with Gasteiger partial charge in [-0.2, -0.15) is 0 Å². The molecule has 0 aromatic carbocycles. The highest BCUT2D eigenvalue weighted by Gasteiger charge is 2.59. The molecule has 0 bridgehead atoms. The third-order valence-electron chi connectivity index (χ3n) is 11.8. The van der Waals surface area contributed by atoms with E-state index in [4.69, 9.17) is 4.74 Å². The fraction of sp³-hybridized carbons (Fsp3) is 0.912. The normalized spacial score (nSPS) is 38.6. The zero-order valence-electron chi connectivity index (χ0n) is 24.7. The minimum Gasteiger partial charge on any atom is -0.462 e. The molecule has 0 N–H and O–H groups in total. The Hall–Kier alpha value is -0.790. The van der Waals surface area contributed by atoms with Crippen LogP contribution in [0.5, 0.6) is 0 Å². The first-order valence-corrected chi connectivity index (χ1v) is 16.1. The summed E-state index contributed by atoms with van der Waals surface area (Å²) in [6.45, 7) is 14.8. The minimum atomic E-state index is 0.0435. The van der Waals surface area contributed by atoms with Crippen LogP contribution in [0.4, 0.5) is 0 Å². The molecule has 8 atom stereocenters. The number of carbonyl (C=O) groups is 1. The number of hydrogen-bond donors (Lipinski definition) is 0. The molecule has 0 spiro atoms. The van der Waals surface area contributed by atoms with Crippen molar-refractivity contribution in [3.8, 4) is 0 Å². The summed E-state index contributed by atoms with van der Waals surface area (Å²) in [5.41, 5.74) is 2.54. The molecule has 0 amide bonds. The van der Waals surface area contributed by atoms with E-state index in [-0.39, 0.29) is 12.1 Å². The summed E-state index contributed by atoms with van der Waals surface area (Å²) in [6.07, 6.45) is 22.5. The van der Waals surface area contributed by atoms with Crippen molar-refractivity contribution >= 4 is 5.97 Å². The lowest BCUT2D eigenvalue weighted by Gasteiger charge is -2.58. The first-order valence-electron chi connectivity index (χ1n) is 16.1. The lowest BCUT2D eigenvalue weighted by Crippen LogP contribution is -2.51. The van der Waals surface area contributed by atoms with Gasteiger partial charge in [0.1, 0.15) is 6.10 Å². The monoisotopic (exact) mass is 498 g/mol. The number of hydrogen-bond acceptors (Lipinski definition) is 2. The summed E-state index contributed by atoms with van der Waals surface area (Å²) in [7, 11) is 0. The molecule has 0 aromatic rings. The fourth-order valence-corrected chi connectivity index (χ4v) is 9.69. The van der Waals surface area contributed by atoms with Crippen LogP contribution < -0.4 is 0 Å². The van der Waals surface area contributed by atoms with Gasteiger partial charge in [-0.05, 0) is 97.7 Å². The molecule has 2 heteroatoms. The van der Waals surface area contributed by atoms with Crippen molar-refractivity contribution in [3.63, 3.8) is 0 Å². The first-order chi connectivity index (χ1) is 17.2. The number of esters is 1. The standard InChI is InChI=1S/C34H58O2/c1-7-8-9-10-14-32(35)36-27-19-21-33(5)26(23-27)15-16-28-30-18-17-29(25(4)13-11-12-24(2)3)34(30,6)22-20-31(28)33/h15,24-25,27-31H,7-14,16-23H2,1-6H3/t25-,27+,28+,29?,30+,31+,33+,34-/m1/s1. The zero-order chi connectivity index (χ0) is 25.9. The van der Waals surface area contributed by atoms with Crippen molar-refractivity contribution < 1.29 is 9.53 Å². The SMILES string of the molecule is CCCCCCC(=O)O[C@H]1CC[C@@]2(C)C(=CC[C@@H]3[C@@H]2CC[C@]2(C)C([C@H](C)CCCC(C)C)CC[C@@H]32)C1. The summed E-state index contributed by atoms with van der Waals surface area (Å²) in [5.74, 6) is 5.34. The van der Waals surface area contributed by atoms with Crippen molar-refractivity contribution in [2.75, 3.05) is 0 Å². The van der Waals surface area contributed by atoms with Crippen molar-refractivity contribution in [1.82, 2.24) is 0 Å². The van der Waals surface area contributed by atoms with Crippen LogP contribution in [0.2, 0.25) is 0 Å². The molecule has 36 heavy (non-hydrogen) atoms. The largest absolute Gasteiger partial charge is 0.462 e. The molecule has 4 rings (SSSR count). The van der Waals surface area contributed by atoms with E-state index in [1.807, 2.05) is 0 Å². The predicted molar refractivity (Wildman–Crippen MR) is 152 cm³/mol. The molecule has 4 aliphatic rings. The van der Waals surface area contributed by atoms with Gasteiger partial charge in [0.25, 0.3) is 0 Å². The highest BCUT2D eigenvalue weighted by molar-refractivity contribution is 5.69. The Kier molecular flexibility index (Phi) is 9.36. The molecule has 3 saturated carbocycles. The maximum atomic E-state index is 12.4. The second-order valence-electron chi connectivity index (χ2n) is 14.5. The molecule has 0 saturated heterocycles. The molecule has 2 nitrogen and oxygen atoms in total. The van der Waals surface area contributed by atoms with E-state index in [0.29, 0.717) is 17.3 Å². The molecule has 206 valence electrons. The van der Waals surface area contributed by atoms with Gasteiger partial charge in [-0.25, -0.2) is 0 Å². The van der Waals surface area contributed by atoms with E-state index in [2.05, 4.69) is 47.6 Å². The summed E-state index contributed by atoms with van der Waals surface area (Å²) >= 11 is 0. The highest BCUT2D eigenvalue weighted by Crippen LogP contribution is 2.67. The molecule has 3 fully saturated rings. The van der Waals surface area contributed by atoms with Gasteiger partial charge in [-0.3, -0.25) is 4.79 Å². The lowest BCUT2D eigenvalue weighted by atomic mass is 9.47. The van der Waals surface area contributed by atoms with Gasteiger partial charge in [0.2, 0.25) is 0 Å². The Morgan fingerprint density at radius 3 is 2.53 bits per heavy atom. The van der Waals surface area contributed by atoms with Crippen LogP contribution in [0.1, 0.15) is 144 Å². The van der Waals surface area contributed by atoms with Crippen molar-refractivity contribution in [1.29, 1.82) is 0 Å². The average molecular weight is 499 g/mol. The summed E-state index contributed by atoms with van der Waals surface area (Å²) in [6, 6.07) is 0. The second kappa shape index (κ2) is 11.9. The van der Waals surface area contributed by atoms with E-state index in [1.54, 1.807) is 5.57 Å². The Bertz CT molecular complexity index is 767. The number of ether oxygens (including phenoxy) is 1. The Morgan fingerprint density at radius 1 is 0.972 bits per heavy atom. The van der Waals surface area contributed by atoms with E-state index in [9.17, 15) is 4.79 Å². The van der Waals surface area contributed by atoms with E-state index in [0.717, 1.165) is 61.2 Å². The van der Waals surface area contributed by atoms with Crippen LogP contribution in [0, 0.1) is 46.3 Å². The van der Waals surface area contributed by atoms with Gasteiger partial charge in [0.05, 0.1) is 0 Å². The van der Waals surface area contributed by atoms with Gasteiger partial charge in [0, 0.05) is 12.8 Å². The number of rotatable bonds is 11. The quantitative estimate of drug-likeness (QED) is 0.161. The van der Waals surface area contributed by atoms with Crippen LogP contribution in [-0.2, 0) is 9.53 Å². The molecule has 0 aliphatic heterocycles. The summed E-state index contributed by atoms with van der Waals surface area (Å²) in [4.78, 5) is 12.4. The topological polar surface area (TPSA) is 26.3 Å². The van der Waals surface area contributed by atoms with Gasteiger partial charge in [-0.1, -0.05) is 91.7 Å². The van der Waals surface area contributed by atoms with Gasteiger partial charge >= 0.3 is 5.97 Å². The van der Waals surface area contributed by atoms with Gasteiger partial charge in [-0.15, -0.1) is 0 Å². The Labute approximate surface area is 223 Å². The molecular weight excluding hydrogens is 440 g/mol. The van der Waals surface area contributed by atoms with Crippen molar-refractivity contribution in [2.24, 2.45) is 46.3 Å². The number of unbranched alkanes of at least 4 members (excludes halogenated alkanes) is 3. The van der Waals surface area contributed by atoms with Crippen LogP contribution in [0.3, 0.4) is 0 Å². The number of fused-ring (bicyclic) bond motifs is 5. The minimum absolute atomic E-state index is 0.0435. The molecule has 1 unspecified atom stereocenters. The van der Waals surface area contributed by atoms with Crippen LogP contribution in [-0.4, -0.2) is 12.1 Å². The Morgan fingerprint density at radius 2 is 1.78 bits per heavy atom. The lowest BCUT2D eigenvalue weighted by molar-refractivity contribution is -0.151. The summed E-state index contributed by atoms with van der Waals surface area (Å²) < 4.78 is 5.99. The first kappa shape index (κ1) is 28.2. The van der Waals surface area contributed by atoms with E-state index >= 15 is 0 Å². The third kappa shape index (κ3) is 5.78. The Balaban J connectivity index is 1.36. The maximum absolute atomic E-state index is 12.4. The van der Waals surface area contributed by atoms with Gasteiger partial charge in [0.15, 0.2) is 0 Å². The van der Waals surface area contributed by atoms with Crippen molar-refractivity contribution in [3.05, 3.63) is 11.6 Å². The molecular formula is C34H58O2. The molecule has 4 aliphatic carbocycles. The fourth-order valence-electron chi connectivity index (χ4n) is 9.69. The highest BCUT2D eigenvalue weighted by atomic mass is 16.5. The second-order valence-corrected chi connectivity index (χ2v) is 14.5. The predicted octanol–water partition coefficient (Wildman–Crippen LogP) is 9.91. The molecule has 0 aromatic heterocycles. The van der Waals surface area contributed by atoms with E-state index in [1.165, 1.54) is 70.6 Å². The van der Waals surface area contributed by atoms with Crippen LogP contribution in [0.15, 0.2) is 11.6 Å². The van der Waals surface area contributed by atoms with Gasteiger partial charge < -0.3 is 4.74 Å². The average Bonchev–Trinajstić information content (AvgIpc) is 3.19. The summed E-state index contributed by atoms with van der Waals surface area (Å²) in [5, 5.41) is 0.